The molecular formula is C12H22NO2. The van der Waals surface area contributed by atoms with Crippen LogP contribution in [-0.4, -0.2) is 18.2 Å². The van der Waals surface area contributed by atoms with Gasteiger partial charge >= 0.3 is 6.09 Å². The molecule has 1 fully saturated rings. The molecule has 15 heavy (non-hydrogen) atoms. The summed E-state index contributed by atoms with van der Waals surface area (Å²) >= 11 is 0. The summed E-state index contributed by atoms with van der Waals surface area (Å²) in [5, 5.41) is 2.83. The van der Waals surface area contributed by atoms with E-state index < -0.39 is 5.60 Å². The van der Waals surface area contributed by atoms with Gasteiger partial charge in [0.05, 0.1) is 0 Å². The van der Waals surface area contributed by atoms with Crippen LogP contribution < -0.4 is 5.32 Å². The second-order valence-electron chi connectivity index (χ2n) is 5.19. The van der Waals surface area contributed by atoms with E-state index in [1.165, 1.54) is 25.7 Å². The average molecular weight is 212 g/mol. The highest BCUT2D eigenvalue weighted by molar-refractivity contribution is 5.67. The summed E-state index contributed by atoms with van der Waals surface area (Å²) in [5.41, 5.74) is -0.398. The molecule has 1 aliphatic carbocycles. The van der Waals surface area contributed by atoms with Crippen molar-refractivity contribution in [2.45, 2.75) is 52.1 Å². The molecule has 0 atom stereocenters. The van der Waals surface area contributed by atoms with Gasteiger partial charge in [-0.2, -0.15) is 0 Å². The van der Waals surface area contributed by atoms with Crippen LogP contribution in [0.5, 0.6) is 0 Å². The van der Waals surface area contributed by atoms with Crippen molar-refractivity contribution in [1.82, 2.24) is 5.32 Å². The van der Waals surface area contributed by atoms with Gasteiger partial charge in [-0.3, -0.25) is 0 Å². The number of rotatable bonds is 2. The van der Waals surface area contributed by atoms with Gasteiger partial charge in [-0.25, -0.2) is 4.79 Å². The van der Waals surface area contributed by atoms with Crippen LogP contribution in [0.4, 0.5) is 4.79 Å². The Kier molecular flexibility index (Phi) is 4.43. The zero-order valence-corrected chi connectivity index (χ0v) is 10.0. The van der Waals surface area contributed by atoms with Crippen LogP contribution in [0.25, 0.3) is 0 Å². The summed E-state index contributed by atoms with van der Waals surface area (Å²) in [7, 11) is 0. The Labute approximate surface area is 92.6 Å². The minimum atomic E-state index is -0.398. The Bertz CT molecular complexity index is 202. The molecule has 1 radical (unpaired) electrons. The SMILES string of the molecule is CC(C)(C)OC(=O)NCC1CC[CH]CC1. The molecule has 1 amide bonds. The normalized spacial score (nSPS) is 18.6. The van der Waals surface area contributed by atoms with Crippen LogP contribution in [0.15, 0.2) is 0 Å². The Balaban J connectivity index is 2.15. The number of amides is 1. The topological polar surface area (TPSA) is 38.3 Å². The summed E-state index contributed by atoms with van der Waals surface area (Å²) in [6, 6.07) is 0. The molecule has 3 nitrogen and oxygen atoms in total. The summed E-state index contributed by atoms with van der Waals surface area (Å²) in [6.07, 6.45) is 6.77. The van der Waals surface area contributed by atoms with E-state index >= 15 is 0 Å². The number of ether oxygens (including phenoxy) is 1. The Morgan fingerprint density at radius 1 is 1.40 bits per heavy atom. The lowest BCUT2D eigenvalue weighted by Gasteiger charge is -2.23. The maximum atomic E-state index is 11.4. The van der Waals surface area contributed by atoms with Gasteiger partial charge in [-0.15, -0.1) is 0 Å². The van der Waals surface area contributed by atoms with Crippen molar-refractivity contribution in [3.05, 3.63) is 6.42 Å². The lowest BCUT2D eigenvalue weighted by Crippen LogP contribution is -2.35. The van der Waals surface area contributed by atoms with Crippen molar-refractivity contribution < 1.29 is 9.53 Å². The van der Waals surface area contributed by atoms with E-state index in [1.807, 2.05) is 20.8 Å². The van der Waals surface area contributed by atoms with E-state index in [2.05, 4.69) is 11.7 Å². The molecule has 0 spiro atoms. The molecule has 1 saturated carbocycles. The third-order valence-corrected chi connectivity index (χ3v) is 2.49. The number of nitrogens with one attached hydrogen (secondary N) is 1. The van der Waals surface area contributed by atoms with Gasteiger partial charge in [0.2, 0.25) is 0 Å². The summed E-state index contributed by atoms with van der Waals surface area (Å²) in [6.45, 7) is 6.38. The van der Waals surface area contributed by atoms with Crippen molar-refractivity contribution in [2.75, 3.05) is 6.54 Å². The first-order valence-electron chi connectivity index (χ1n) is 5.76. The molecule has 87 valence electrons. The molecule has 3 heteroatoms. The zero-order chi connectivity index (χ0) is 11.3. The molecule has 0 aliphatic heterocycles. The molecule has 1 N–H and O–H groups in total. The lowest BCUT2D eigenvalue weighted by atomic mass is 9.89. The van der Waals surface area contributed by atoms with Gasteiger partial charge in [0.1, 0.15) is 5.60 Å². The number of hydrogen-bond acceptors (Lipinski definition) is 2. The van der Waals surface area contributed by atoms with Crippen molar-refractivity contribution in [1.29, 1.82) is 0 Å². The van der Waals surface area contributed by atoms with Gasteiger partial charge in [0.25, 0.3) is 0 Å². The Hall–Kier alpha value is -0.730. The van der Waals surface area contributed by atoms with Gasteiger partial charge in [-0.1, -0.05) is 0 Å². The van der Waals surface area contributed by atoms with Crippen molar-refractivity contribution >= 4 is 6.09 Å². The minimum absolute atomic E-state index is 0.294. The molecule has 1 aliphatic rings. The van der Waals surface area contributed by atoms with Gasteiger partial charge in [0.15, 0.2) is 0 Å². The predicted molar refractivity (Wildman–Crippen MR) is 60.5 cm³/mol. The Morgan fingerprint density at radius 3 is 2.53 bits per heavy atom. The molecular weight excluding hydrogens is 190 g/mol. The highest BCUT2D eigenvalue weighted by Crippen LogP contribution is 2.22. The van der Waals surface area contributed by atoms with Gasteiger partial charge in [-0.05, 0) is 58.8 Å². The highest BCUT2D eigenvalue weighted by Gasteiger charge is 2.18. The van der Waals surface area contributed by atoms with Crippen LogP contribution in [0.3, 0.4) is 0 Å². The smallest absolute Gasteiger partial charge is 0.407 e. The second kappa shape index (κ2) is 5.38. The fourth-order valence-electron chi connectivity index (χ4n) is 1.74. The standard InChI is InChI=1S/C12H22NO2/c1-12(2,3)15-11(14)13-9-10-7-5-4-6-8-10/h4,10H,5-9H2,1-3H3,(H,13,14). The summed E-state index contributed by atoms with van der Waals surface area (Å²) in [4.78, 5) is 11.4. The third-order valence-electron chi connectivity index (χ3n) is 2.49. The van der Waals surface area contributed by atoms with E-state index in [0.717, 1.165) is 6.54 Å². The summed E-state index contributed by atoms with van der Waals surface area (Å²) in [5.74, 6) is 0.627. The third kappa shape index (κ3) is 5.65. The molecule has 0 aromatic carbocycles. The number of carbonyl (C=O) groups is 1. The van der Waals surface area contributed by atoms with E-state index in [9.17, 15) is 4.79 Å². The second-order valence-corrected chi connectivity index (χ2v) is 5.19. The van der Waals surface area contributed by atoms with Crippen LogP contribution in [-0.2, 0) is 4.74 Å². The minimum Gasteiger partial charge on any atom is -0.444 e. The predicted octanol–water partition coefficient (Wildman–Crippen LogP) is 2.91. The molecule has 0 bridgehead atoms. The fourth-order valence-corrected chi connectivity index (χ4v) is 1.74. The fraction of sp³-hybridized carbons (Fsp3) is 0.833. The first-order valence-corrected chi connectivity index (χ1v) is 5.76. The maximum Gasteiger partial charge on any atom is 0.407 e. The van der Waals surface area contributed by atoms with Crippen LogP contribution >= 0.6 is 0 Å². The average Bonchev–Trinajstić information content (AvgIpc) is 2.14. The summed E-state index contributed by atoms with van der Waals surface area (Å²) < 4.78 is 5.17. The van der Waals surface area contributed by atoms with Crippen LogP contribution in [0.1, 0.15) is 46.5 Å². The molecule has 0 aromatic heterocycles. The monoisotopic (exact) mass is 212 g/mol. The Morgan fingerprint density at radius 2 is 2.00 bits per heavy atom. The largest absolute Gasteiger partial charge is 0.444 e. The molecule has 0 saturated heterocycles. The van der Waals surface area contributed by atoms with Gasteiger partial charge < -0.3 is 10.1 Å². The van der Waals surface area contributed by atoms with Gasteiger partial charge in [0, 0.05) is 6.54 Å². The van der Waals surface area contributed by atoms with E-state index in [0.29, 0.717) is 5.92 Å². The number of hydrogen-bond donors (Lipinski definition) is 1. The van der Waals surface area contributed by atoms with E-state index in [4.69, 9.17) is 4.74 Å². The number of carbonyl (C=O) groups excluding carboxylic acids is 1. The van der Waals surface area contributed by atoms with Crippen molar-refractivity contribution in [3.63, 3.8) is 0 Å². The quantitative estimate of drug-likeness (QED) is 0.764. The highest BCUT2D eigenvalue weighted by atomic mass is 16.6. The molecule has 1 rings (SSSR count). The number of alkyl carbamates (subject to hydrolysis) is 1. The van der Waals surface area contributed by atoms with Crippen molar-refractivity contribution in [2.24, 2.45) is 5.92 Å². The first kappa shape index (κ1) is 12.3. The van der Waals surface area contributed by atoms with Crippen LogP contribution in [0, 0.1) is 12.3 Å². The first-order chi connectivity index (χ1) is 6.97. The zero-order valence-electron chi connectivity index (χ0n) is 10.0. The maximum absolute atomic E-state index is 11.4. The van der Waals surface area contributed by atoms with E-state index in [1.54, 1.807) is 0 Å². The molecule has 0 aromatic rings. The lowest BCUT2D eigenvalue weighted by molar-refractivity contribution is 0.0516. The van der Waals surface area contributed by atoms with Crippen molar-refractivity contribution in [3.8, 4) is 0 Å². The molecule has 0 unspecified atom stereocenters. The van der Waals surface area contributed by atoms with Crippen LogP contribution in [0.2, 0.25) is 0 Å². The molecule has 0 heterocycles. The van der Waals surface area contributed by atoms with E-state index in [-0.39, 0.29) is 6.09 Å².